The van der Waals surface area contributed by atoms with Crippen molar-refractivity contribution in [2.75, 3.05) is 6.61 Å². The minimum Gasteiger partial charge on any atom is -0.504 e. The van der Waals surface area contributed by atoms with Crippen LogP contribution in [-0.2, 0) is 4.79 Å². The number of phenols is 1. The summed E-state index contributed by atoms with van der Waals surface area (Å²) < 4.78 is 10.2. The van der Waals surface area contributed by atoms with Gasteiger partial charge >= 0.3 is 5.97 Å². The van der Waals surface area contributed by atoms with Crippen molar-refractivity contribution in [1.29, 1.82) is 0 Å². The highest BCUT2D eigenvalue weighted by atomic mass is 16.6. The van der Waals surface area contributed by atoms with E-state index in [4.69, 9.17) is 14.6 Å². The number of benzene rings is 1. The summed E-state index contributed by atoms with van der Waals surface area (Å²) in [4.78, 5) is 10.6. The molecule has 0 amide bonds. The average molecular weight is 196 g/mol. The zero-order valence-corrected chi connectivity index (χ0v) is 7.14. The molecule has 0 saturated heterocycles. The minimum absolute atomic E-state index is 0.0498. The summed E-state index contributed by atoms with van der Waals surface area (Å²) >= 11 is 0. The molecular formula is C9H8O5. The van der Waals surface area contributed by atoms with E-state index in [1.165, 1.54) is 6.07 Å². The maximum absolute atomic E-state index is 10.6. The van der Waals surface area contributed by atoms with Crippen molar-refractivity contribution in [2.45, 2.75) is 6.10 Å². The van der Waals surface area contributed by atoms with E-state index in [0.717, 1.165) is 0 Å². The van der Waals surface area contributed by atoms with E-state index >= 15 is 0 Å². The largest absolute Gasteiger partial charge is 0.504 e. The van der Waals surface area contributed by atoms with E-state index in [2.05, 4.69) is 0 Å². The van der Waals surface area contributed by atoms with Crippen LogP contribution >= 0.6 is 0 Å². The maximum atomic E-state index is 10.6. The number of hydrogen-bond donors (Lipinski definition) is 2. The van der Waals surface area contributed by atoms with Gasteiger partial charge in [0.15, 0.2) is 11.5 Å². The summed E-state index contributed by atoms with van der Waals surface area (Å²) in [6, 6.07) is 4.61. The molecule has 2 rings (SSSR count). The van der Waals surface area contributed by atoms with Gasteiger partial charge in [0.25, 0.3) is 0 Å². The van der Waals surface area contributed by atoms with Gasteiger partial charge in [-0.2, -0.15) is 0 Å². The summed E-state index contributed by atoms with van der Waals surface area (Å²) in [5.74, 6) is -0.777. The van der Waals surface area contributed by atoms with Crippen molar-refractivity contribution < 1.29 is 24.5 Å². The first-order chi connectivity index (χ1) is 6.68. The topological polar surface area (TPSA) is 76.0 Å². The average Bonchev–Trinajstić information content (AvgIpc) is 2.18. The van der Waals surface area contributed by atoms with Gasteiger partial charge in [-0.05, 0) is 12.1 Å². The number of carboxylic acid groups (broad SMARTS) is 1. The molecule has 0 bridgehead atoms. The standard InChI is InChI=1S/C9H8O5/c10-5-2-1-3-6-8(5)14-7(4-13-6)9(11)12/h1-3,7,10H,4H2,(H,11,12). The van der Waals surface area contributed by atoms with Gasteiger partial charge in [0, 0.05) is 0 Å². The second kappa shape index (κ2) is 3.10. The first-order valence-electron chi connectivity index (χ1n) is 4.02. The third kappa shape index (κ3) is 1.32. The second-order valence-electron chi connectivity index (χ2n) is 2.86. The number of carboxylic acids is 1. The molecule has 5 heteroatoms. The van der Waals surface area contributed by atoms with Gasteiger partial charge in [0.1, 0.15) is 6.61 Å². The molecule has 0 aromatic heterocycles. The Kier molecular flexibility index (Phi) is 1.92. The molecule has 0 fully saturated rings. The van der Waals surface area contributed by atoms with Crippen LogP contribution in [0.1, 0.15) is 0 Å². The van der Waals surface area contributed by atoms with Crippen molar-refractivity contribution in [3.8, 4) is 17.2 Å². The fraction of sp³-hybridized carbons (Fsp3) is 0.222. The number of aromatic hydroxyl groups is 1. The molecule has 0 radical (unpaired) electrons. The SMILES string of the molecule is O=C(O)C1COc2cccc(O)c2O1. The molecule has 0 aliphatic carbocycles. The Hall–Kier alpha value is -1.91. The number of carbonyl (C=O) groups is 1. The number of fused-ring (bicyclic) bond motifs is 1. The molecule has 1 aromatic rings. The second-order valence-corrected chi connectivity index (χ2v) is 2.86. The van der Waals surface area contributed by atoms with Gasteiger partial charge in [0.05, 0.1) is 0 Å². The van der Waals surface area contributed by atoms with Crippen LogP contribution in [0, 0.1) is 0 Å². The molecule has 1 aromatic carbocycles. The molecule has 14 heavy (non-hydrogen) atoms. The Labute approximate surface area is 79.5 Å². The third-order valence-corrected chi connectivity index (χ3v) is 1.88. The zero-order chi connectivity index (χ0) is 10.1. The van der Waals surface area contributed by atoms with Gasteiger partial charge in [-0.1, -0.05) is 6.07 Å². The fourth-order valence-corrected chi connectivity index (χ4v) is 1.20. The predicted octanol–water partition coefficient (Wildman–Crippen LogP) is 0.617. The highest BCUT2D eigenvalue weighted by molar-refractivity contribution is 5.74. The molecule has 1 heterocycles. The summed E-state index contributed by atoms with van der Waals surface area (Å²) in [7, 11) is 0. The Morgan fingerprint density at radius 3 is 3.00 bits per heavy atom. The number of rotatable bonds is 1. The van der Waals surface area contributed by atoms with Crippen LogP contribution in [-0.4, -0.2) is 28.9 Å². The van der Waals surface area contributed by atoms with E-state index in [1.807, 2.05) is 0 Å². The minimum atomic E-state index is -1.11. The number of phenolic OH excluding ortho intramolecular Hbond substituents is 1. The number of aliphatic carboxylic acids is 1. The Morgan fingerprint density at radius 2 is 2.29 bits per heavy atom. The number of para-hydroxylation sites is 1. The van der Waals surface area contributed by atoms with E-state index in [-0.39, 0.29) is 18.1 Å². The van der Waals surface area contributed by atoms with E-state index < -0.39 is 12.1 Å². The van der Waals surface area contributed by atoms with Crippen LogP contribution in [0.25, 0.3) is 0 Å². The Bertz CT molecular complexity index is 373. The molecule has 1 unspecified atom stereocenters. The number of hydrogen-bond acceptors (Lipinski definition) is 4. The molecule has 1 aliphatic heterocycles. The Morgan fingerprint density at radius 1 is 1.50 bits per heavy atom. The zero-order valence-electron chi connectivity index (χ0n) is 7.14. The van der Waals surface area contributed by atoms with Crippen molar-refractivity contribution in [3.63, 3.8) is 0 Å². The molecule has 2 N–H and O–H groups in total. The maximum Gasteiger partial charge on any atom is 0.348 e. The lowest BCUT2D eigenvalue weighted by Crippen LogP contribution is -2.36. The van der Waals surface area contributed by atoms with Crippen LogP contribution < -0.4 is 9.47 Å². The van der Waals surface area contributed by atoms with Crippen LogP contribution in [0.2, 0.25) is 0 Å². The van der Waals surface area contributed by atoms with Gasteiger partial charge in [-0.3, -0.25) is 0 Å². The molecule has 1 atom stereocenters. The van der Waals surface area contributed by atoms with Gasteiger partial charge in [-0.15, -0.1) is 0 Å². The van der Waals surface area contributed by atoms with Crippen LogP contribution in [0.4, 0.5) is 0 Å². The van der Waals surface area contributed by atoms with Gasteiger partial charge in [-0.25, -0.2) is 4.79 Å². The van der Waals surface area contributed by atoms with Crippen LogP contribution in [0.5, 0.6) is 17.2 Å². The molecule has 0 spiro atoms. The van der Waals surface area contributed by atoms with Gasteiger partial charge < -0.3 is 19.7 Å². The molecule has 5 nitrogen and oxygen atoms in total. The predicted molar refractivity (Wildman–Crippen MR) is 45.7 cm³/mol. The van der Waals surface area contributed by atoms with Crippen molar-refractivity contribution in [3.05, 3.63) is 18.2 Å². The first kappa shape index (κ1) is 8.68. The van der Waals surface area contributed by atoms with Crippen LogP contribution in [0.3, 0.4) is 0 Å². The highest BCUT2D eigenvalue weighted by Crippen LogP contribution is 2.39. The molecule has 0 saturated carbocycles. The van der Waals surface area contributed by atoms with Crippen molar-refractivity contribution in [1.82, 2.24) is 0 Å². The molecule has 74 valence electrons. The van der Waals surface area contributed by atoms with Crippen molar-refractivity contribution in [2.24, 2.45) is 0 Å². The molecule has 1 aliphatic rings. The van der Waals surface area contributed by atoms with Crippen molar-refractivity contribution >= 4 is 5.97 Å². The number of ether oxygens (including phenoxy) is 2. The quantitative estimate of drug-likeness (QED) is 0.688. The lowest BCUT2D eigenvalue weighted by atomic mass is 10.2. The summed E-state index contributed by atoms with van der Waals surface area (Å²) in [6.07, 6.45) is -1.06. The third-order valence-electron chi connectivity index (χ3n) is 1.88. The normalized spacial score (nSPS) is 19.0. The smallest absolute Gasteiger partial charge is 0.348 e. The molecular weight excluding hydrogens is 188 g/mol. The highest BCUT2D eigenvalue weighted by Gasteiger charge is 2.28. The Balaban J connectivity index is 2.33. The monoisotopic (exact) mass is 196 g/mol. The lowest BCUT2D eigenvalue weighted by Gasteiger charge is -2.23. The lowest BCUT2D eigenvalue weighted by molar-refractivity contribution is -0.147. The summed E-state index contributed by atoms with van der Waals surface area (Å²) in [6.45, 7) is -0.0498. The summed E-state index contributed by atoms with van der Waals surface area (Å²) in [5.41, 5.74) is 0. The van der Waals surface area contributed by atoms with E-state index in [1.54, 1.807) is 12.1 Å². The first-order valence-corrected chi connectivity index (χ1v) is 4.02. The van der Waals surface area contributed by atoms with Crippen LogP contribution in [0.15, 0.2) is 18.2 Å². The van der Waals surface area contributed by atoms with E-state index in [9.17, 15) is 9.90 Å². The fourth-order valence-electron chi connectivity index (χ4n) is 1.20. The van der Waals surface area contributed by atoms with E-state index in [0.29, 0.717) is 5.75 Å². The van der Waals surface area contributed by atoms with Gasteiger partial charge in [0.2, 0.25) is 11.9 Å². The summed E-state index contributed by atoms with van der Waals surface area (Å²) in [5, 5.41) is 18.0.